The number of carbonyl (C=O) groups is 1. The van der Waals surface area contributed by atoms with E-state index in [9.17, 15) is 18.0 Å². The number of methoxy groups -OCH3 is 1. The lowest BCUT2D eigenvalue weighted by molar-refractivity contribution is -0.139. The number of hydrogen-bond donors (Lipinski definition) is 2. The second-order valence-corrected chi connectivity index (χ2v) is 7.09. The number of halogens is 3. The number of hydrogen-bond acceptors (Lipinski definition) is 5. The highest BCUT2D eigenvalue weighted by Crippen LogP contribution is 2.44. The molecule has 0 aliphatic carbocycles. The molecule has 4 N–H and O–H groups in total. The highest BCUT2D eigenvalue weighted by molar-refractivity contribution is 6.18. The zero-order valence-electron chi connectivity index (χ0n) is 16.8. The van der Waals surface area contributed by atoms with Crippen molar-refractivity contribution in [1.29, 1.82) is 0 Å². The van der Waals surface area contributed by atoms with Crippen LogP contribution in [0.15, 0.2) is 30.6 Å². The fraction of sp³-hybridized carbons (Fsp3) is 0.190. The SMILES string of the molecule is COc1ccc(C)c(-n2c(N)c(C(N)=O)c3c(C(F)(F)F)nc4ccncc4c32)c1C. The molecule has 0 radical (unpaired) electrons. The minimum atomic E-state index is -4.85. The molecule has 0 unspecified atom stereocenters. The number of carbonyl (C=O) groups excluding carboxylic acids is 1. The Hall–Kier alpha value is -3.82. The molecule has 31 heavy (non-hydrogen) atoms. The number of nitrogens with zero attached hydrogens (tertiary/aromatic N) is 3. The summed E-state index contributed by atoms with van der Waals surface area (Å²) in [4.78, 5) is 20.1. The maximum absolute atomic E-state index is 14.0. The van der Waals surface area contributed by atoms with E-state index in [0.717, 1.165) is 0 Å². The maximum atomic E-state index is 14.0. The van der Waals surface area contributed by atoms with Gasteiger partial charge in [0.05, 0.1) is 29.4 Å². The molecule has 0 aliphatic heterocycles. The molecular formula is C21H18F3N5O2. The summed E-state index contributed by atoms with van der Waals surface area (Å²) in [6.07, 6.45) is -2.12. The number of ether oxygens (including phenoxy) is 1. The van der Waals surface area contributed by atoms with Crippen molar-refractivity contribution in [1.82, 2.24) is 14.5 Å². The minimum absolute atomic E-state index is 0.0520. The van der Waals surface area contributed by atoms with Gasteiger partial charge in [-0.2, -0.15) is 13.2 Å². The Bertz CT molecular complexity index is 1380. The molecular weight excluding hydrogens is 411 g/mol. The average molecular weight is 429 g/mol. The zero-order valence-corrected chi connectivity index (χ0v) is 16.8. The summed E-state index contributed by atoms with van der Waals surface area (Å²) < 4.78 is 48.8. The first-order valence-corrected chi connectivity index (χ1v) is 9.17. The number of nitrogen functional groups attached to an aromatic ring is 1. The summed E-state index contributed by atoms with van der Waals surface area (Å²) in [5.74, 6) is -0.796. The summed E-state index contributed by atoms with van der Waals surface area (Å²) in [6, 6.07) is 4.86. The molecule has 0 aliphatic rings. The number of pyridine rings is 2. The van der Waals surface area contributed by atoms with E-state index < -0.39 is 28.7 Å². The van der Waals surface area contributed by atoms with Crippen LogP contribution < -0.4 is 16.2 Å². The topological polar surface area (TPSA) is 109 Å². The monoisotopic (exact) mass is 429 g/mol. The average Bonchev–Trinajstić information content (AvgIpc) is 3.00. The highest BCUT2D eigenvalue weighted by atomic mass is 19.4. The Labute approximate surface area is 174 Å². The van der Waals surface area contributed by atoms with Gasteiger partial charge in [0.2, 0.25) is 0 Å². The molecule has 0 bridgehead atoms. The van der Waals surface area contributed by atoms with Gasteiger partial charge in [0.1, 0.15) is 11.6 Å². The van der Waals surface area contributed by atoms with Gasteiger partial charge in [-0.1, -0.05) is 6.07 Å². The van der Waals surface area contributed by atoms with Crippen molar-refractivity contribution in [3.8, 4) is 11.4 Å². The van der Waals surface area contributed by atoms with Crippen LogP contribution in [-0.4, -0.2) is 27.6 Å². The second-order valence-electron chi connectivity index (χ2n) is 7.09. The van der Waals surface area contributed by atoms with E-state index in [4.69, 9.17) is 16.2 Å². The molecule has 1 amide bonds. The van der Waals surface area contributed by atoms with Crippen LogP contribution in [0.5, 0.6) is 5.75 Å². The third kappa shape index (κ3) is 2.94. The molecule has 4 aromatic rings. The van der Waals surface area contributed by atoms with E-state index in [1.54, 1.807) is 26.0 Å². The number of benzene rings is 1. The standard InChI is InChI=1S/C21H18F3N5O2/c1-9-4-5-13(31-3)10(2)16(9)29-17-11-8-27-7-6-12(11)28-18(21(22,23)24)14(17)15(19(29)25)20(26)30/h4-8H,25H2,1-3H3,(H2,26,30). The van der Waals surface area contributed by atoms with Crippen LogP contribution in [0.1, 0.15) is 27.2 Å². The first-order chi connectivity index (χ1) is 14.6. The predicted octanol–water partition coefficient (Wildman–Crippen LogP) is 3.90. The van der Waals surface area contributed by atoms with Gasteiger partial charge in [0.15, 0.2) is 5.69 Å². The smallest absolute Gasteiger partial charge is 0.434 e. The van der Waals surface area contributed by atoms with Crippen LogP contribution in [-0.2, 0) is 6.18 Å². The number of primary amides is 1. The number of alkyl halides is 3. The number of aromatic nitrogens is 3. The fourth-order valence-electron chi connectivity index (χ4n) is 3.99. The van der Waals surface area contributed by atoms with Crippen molar-refractivity contribution in [2.75, 3.05) is 12.8 Å². The van der Waals surface area contributed by atoms with Gasteiger partial charge < -0.3 is 16.2 Å². The van der Waals surface area contributed by atoms with E-state index in [0.29, 0.717) is 28.0 Å². The molecule has 7 nitrogen and oxygen atoms in total. The molecule has 160 valence electrons. The first kappa shape index (κ1) is 20.5. The lowest BCUT2D eigenvalue weighted by Gasteiger charge is -2.18. The summed E-state index contributed by atoms with van der Waals surface area (Å²) in [5.41, 5.74) is 12.0. The van der Waals surface area contributed by atoms with Crippen LogP contribution >= 0.6 is 0 Å². The number of anilines is 1. The van der Waals surface area contributed by atoms with Gasteiger partial charge in [-0.3, -0.25) is 14.3 Å². The van der Waals surface area contributed by atoms with Gasteiger partial charge in [-0.05, 0) is 31.5 Å². The highest BCUT2D eigenvalue weighted by Gasteiger charge is 2.39. The molecule has 0 saturated carbocycles. The van der Waals surface area contributed by atoms with Gasteiger partial charge in [0, 0.05) is 28.7 Å². The van der Waals surface area contributed by atoms with Gasteiger partial charge in [0.25, 0.3) is 5.91 Å². The normalized spacial score (nSPS) is 11.9. The van der Waals surface area contributed by atoms with Crippen molar-refractivity contribution in [2.24, 2.45) is 5.73 Å². The van der Waals surface area contributed by atoms with Gasteiger partial charge >= 0.3 is 6.18 Å². The Morgan fingerprint density at radius 1 is 1.19 bits per heavy atom. The molecule has 0 spiro atoms. The lowest BCUT2D eigenvalue weighted by Crippen LogP contribution is -2.16. The summed E-state index contributed by atoms with van der Waals surface area (Å²) in [5, 5.41) is -0.161. The maximum Gasteiger partial charge on any atom is 0.434 e. The van der Waals surface area contributed by atoms with E-state index in [1.807, 2.05) is 0 Å². The first-order valence-electron chi connectivity index (χ1n) is 9.17. The van der Waals surface area contributed by atoms with E-state index in [2.05, 4.69) is 9.97 Å². The summed E-state index contributed by atoms with van der Waals surface area (Å²) in [6.45, 7) is 3.53. The number of rotatable bonds is 3. The van der Waals surface area contributed by atoms with Gasteiger partial charge in [-0.15, -0.1) is 0 Å². The molecule has 10 heteroatoms. The van der Waals surface area contributed by atoms with Crippen molar-refractivity contribution in [2.45, 2.75) is 20.0 Å². The number of amides is 1. The van der Waals surface area contributed by atoms with Crippen LogP contribution in [0, 0.1) is 13.8 Å². The Kier molecular flexibility index (Phi) is 4.53. The van der Waals surface area contributed by atoms with Crippen molar-refractivity contribution >= 4 is 33.5 Å². The second kappa shape index (κ2) is 6.86. The predicted molar refractivity (Wildman–Crippen MR) is 110 cm³/mol. The van der Waals surface area contributed by atoms with E-state index in [1.165, 1.54) is 30.1 Å². The van der Waals surface area contributed by atoms with Crippen molar-refractivity contribution < 1.29 is 22.7 Å². The number of fused-ring (bicyclic) bond motifs is 3. The van der Waals surface area contributed by atoms with E-state index >= 15 is 0 Å². The Morgan fingerprint density at radius 3 is 2.52 bits per heavy atom. The number of aryl methyl sites for hydroxylation is 1. The zero-order chi connectivity index (χ0) is 22.7. The molecule has 1 aromatic carbocycles. The molecule has 4 rings (SSSR count). The molecule has 0 atom stereocenters. The molecule has 3 aromatic heterocycles. The van der Waals surface area contributed by atoms with Crippen LogP contribution in [0.4, 0.5) is 19.0 Å². The van der Waals surface area contributed by atoms with E-state index in [-0.39, 0.29) is 16.9 Å². The van der Waals surface area contributed by atoms with Crippen molar-refractivity contribution in [3.63, 3.8) is 0 Å². The lowest BCUT2D eigenvalue weighted by atomic mass is 10.1. The third-order valence-corrected chi connectivity index (χ3v) is 5.27. The van der Waals surface area contributed by atoms with Crippen molar-refractivity contribution in [3.05, 3.63) is 53.0 Å². The fourth-order valence-corrected chi connectivity index (χ4v) is 3.99. The third-order valence-electron chi connectivity index (χ3n) is 5.27. The van der Waals surface area contributed by atoms with Gasteiger partial charge in [-0.25, -0.2) is 4.98 Å². The largest absolute Gasteiger partial charge is 0.496 e. The summed E-state index contributed by atoms with van der Waals surface area (Å²) >= 11 is 0. The van der Waals surface area contributed by atoms with Crippen LogP contribution in [0.25, 0.3) is 27.5 Å². The quantitative estimate of drug-likeness (QED) is 0.513. The van der Waals surface area contributed by atoms with Crippen LogP contribution in [0.3, 0.4) is 0 Å². The Balaban J connectivity index is 2.36. The van der Waals surface area contributed by atoms with Crippen LogP contribution in [0.2, 0.25) is 0 Å². The Morgan fingerprint density at radius 2 is 1.90 bits per heavy atom. The molecule has 0 fully saturated rings. The summed E-state index contributed by atoms with van der Waals surface area (Å²) in [7, 11) is 1.48. The molecule has 3 heterocycles. The minimum Gasteiger partial charge on any atom is -0.496 e. The molecule has 0 saturated heterocycles. The number of nitrogens with two attached hydrogens (primary N) is 2.